The van der Waals surface area contributed by atoms with Crippen LogP contribution in [0.3, 0.4) is 0 Å². The third-order valence-electron chi connectivity index (χ3n) is 4.29. The van der Waals surface area contributed by atoms with Gasteiger partial charge < -0.3 is 29.0 Å². The third kappa shape index (κ3) is 4.79. The first-order valence-electron chi connectivity index (χ1n) is 8.79. The Morgan fingerprint density at radius 3 is 1.89 bits per heavy atom. The summed E-state index contributed by atoms with van der Waals surface area (Å²) >= 11 is 0. The van der Waals surface area contributed by atoms with Gasteiger partial charge in [-0.2, -0.15) is 0 Å². The molecule has 0 unspecified atom stereocenters. The monoisotopic (exact) mass is 389 g/mol. The predicted octanol–water partition coefficient (Wildman–Crippen LogP) is 3.09. The van der Waals surface area contributed by atoms with Gasteiger partial charge in [-0.1, -0.05) is 6.07 Å². The molecule has 152 valence electrons. The van der Waals surface area contributed by atoms with Crippen molar-refractivity contribution in [1.82, 2.24) is 5.32 Å². The summed E-state index contributed by atoms with van der Waals surface area (Å²) < 4.78 is 26.5. The first kappa shape index (κ1) is 21.2. The van der Waals surface area contributed by atoms with Crippen LogP contribution < -0.4 is 29.0 Å². The first-order valence-corrected chi connectivity index (χ1v) is 8.79. The van der Waals surface area contributed by atoms with Crippen molar-refractivity contribution in [3.05, 3.63) is 41.5 Å². The van der Waals surface area contributed by atoms with Crippen molar-refractivity contribution in [2.24, 2.45) is 0 Å². The lowest BCUT2D eigenvalue weighted by atomic mass is 10.1. The molecule has 2 aromatic carbocycles. The van der Waals surface area contributed by atoms with E-state index in [1.165, 1.54) is 21.3 Å². The van der Waals surface area contributed by atoms with Crippen molar-refractivity contribution in [2.75, 3.05) is 35.5 Å². The fraction of sp³-hybridized carbons (Fsp3) is 0.381. The number of methoxy groups -OCH3 is 5. The second-order valence-corrected chi connectivity index (χ2v) is 6.18. The van der Waals surface area contributed by atoms with Crippen LogP contribution in [-0.4, -0.2) is 47.5 Å². The molecule has 0 radical (unpaired) electrons. The quantitative estimate of drug-likeness (QED) is 0.710. The van der Waals surface area contributed by atoms with Gasteiger partial charge in [-0.25, -0.2) is 0 Å². The van der Waals surface area contributed by atoms with Crippen molar-refractivity contribution in [1.29, 1.82) is 0 Å². The molecule has 1 atom stereocenters. The Labute approximate surface area is 165 Å². The maximum Gasteiger partial charge on any atom is 0.251 e. The molecule has 0 aromatic heterocycles. The van der Waals surface area contributed by atoms with E-state index in [-0.39, 0.29) is 11.9 Å². The maximum atomic E-state index is 12.7. The number of ether oxygens (including phenoxy) is 5. The molecule has 0 heterocycles. The fourth-order valence-electron chi connectivity index (χ4n) is 2.93. The lowest BCUT2D eigenvalue weighted by Gasteiger charge is -2.17. The lowest BCUT2D eigenvalue weighted by Crippen LogP contribution is -2.34. The van der Waals surface area contributed by atoms with Crippen LogP contribution in [0.4, 0.5) is 0 Å². The molecule has 0 spiro atoms. The van der Waals surface area contributed by atoms with Crippen molar-refractivity contribution >= 4 is 5.91 Å². The van der Waals surface area contributed by atoms with Gasteiger partial charge in [0.05, 0.1) is 35.5 Å². The average Bonchev–Trinajstić information content (AvgIpc) is 2.72. The van der Waals surface area contributed by atoms with Gasteiger partial charge in [-0.05, 0) is 43.2 Å². The van der Waals surface area contributed by atoms with Gasteiger partial charge in [0.1, 0.15) is 0 Å². The number of rotatable bonds is 9. The van der Waals surface area contributed by atoms with Gasteiger partial charge in [-0.15, -0.1) is 0 Å². The highest BCUT2D eigenvalue weighted by Gasteiger charge is 2.18. The van der Waals surface area contributed by atoms with Crippen LogP contribution in [-0.2, 0) is 6.42 Å². The molecule has 0 fully saturated rings. The Bertz CT molecular complexity index is 796. The van der Waals surface area contributed by atoms with E-state index in [4.69, 9.17) is 23.7 Å². The van der Waals surface area contributed by atoms with Crippen LogP contribution in [0.2, 0.25) is 0 Å². The summed E-state index contributed by atoms with van der Waals surface area (Å²) in [6, 6.07) is 8.84. The minimum Gasteiger partial charge on any atom is -0.493 e. The highest BCUT2D eigenvalue weighted by molar-refractivity contribution is 5.95. The average molecular weight is 389 g/mol. The lowest BCUT2D eigenvalue weighted by molar-refractivity contribution is 0.0939. The van der Waals surface area contributed by atoms with Crippen LogP contribution >= 0.6 is 0 Å². The molecule has 0 aliphatic carbocycles. The van der Waals surface area contributed by atoms with Crippen LogP contribution in [0.1, 0.15) is 22.8 Å². The normalized spacial score (nSPS) is 11.4. The first-order chi connectivity index (χ1) is 13.5. The zero-order valence-corrected chi connectivity index (χ0v) is 17.1. The van der Waals surface area contributed by atoms with Crippen molar-refractivity contribution in [3.8, 4) is 28.7 Å². The zero-order valence-electron chi connectivity index (χ0n) is 17.1. The van der Waals surface area contributed by atoms with E-state index in [9.17, 15) is 4.79 Å². The molecular weight excluding hydrogens is 362 g/mol. The van der Waals surface area contributed by atoms with Gasteiger partial charge in [0, 0.05) is 11.6 Å². The van der Waals surface area contributed by atoms with Gasteiger partial charge in [-0.3, -0.25) is 4.79 Å². The minimum atomic E-state index is -0.229. The smallest absolute Gasteiger partial charge is 0.251 e. The molecule has 0 bridgehead atoms. The summed E-state index contributed by atoms with van der Waals surface area (Å²) in [6.45, 7) is 1.94. The van der Waals surface area contributed by atoms with Gasteiger partial charge in [0.25, 0.3) is 5.91 Å². The highest BCUT2D eigenvalue weighted by Crippen LogP contribution is 2.38. The number of carbonyl (C=O) groups excluding carboxylic acids is 1. The number of hydrogen-bond acceptors (Lipinski definition) is 6. The van der Waals surface area contributed by atoms with E-state index >= 15 is 0 Å². The second-order valence-electron chi connectivity index (χ2n) is 6.18. The summed E-state index contributed by atoms with van der Waals surface area (Å²) in [4.78, 5) is 12.7. The zero-order chi connectivity index (χ0) is 20.7. The molecule has 0 saturated heterocycles. The molecule has 0 aliphatic heterocycles. The van der Waals surface area contributed by atoms with Crippen LogP contribution in [0, 0.1) is 0 Å². The number of amides is 1. The van der Waals surface area contributed by atoms with Crippen LogP contribution in [0.15, 0.2) is 30.3 Å². The van der Waals surface area contributed by atoms with Gasteiger partial charge in [0.2, 0.25) is 5.75 Å². The molecule has 1 N–H and O–H groups in total. The molecule has 28 heavy (non-hydrogen) atoms. The Kier molecular flexibility index (Phi) is 7.37. The van der Waals surface area contributed by atoms with Crippen molar-refractivity contribution in [2.45, 2.75) is 19.4 Å². The molecule has 2 rings (SSSR count). The Morgan fingerprint density at radius 2 is 1.39 bits per heavy atom. The summed E-state index contributed by atoms with van der Waals surface area (Å²) in [6.07, 6.45) is 0.635. The Balaban J connectivity index is 2.14. The third-order valence-corrected chi connectivity index (χ3v) is 4.29. The molecule has 7 nitrogen and oxygen atoms in total. The molecule has 7 heteroatoms. The summed E-state index contributed by atoms with van der Waals surface area (Å²) in [7, 11) is 7.73. The van der Waals surface area contributed by atoms with Gasteiger partial charge >= 0.3 is 0 Å². The molecule has 0 aliphatic rings. The van der Waals surface area contributed by atoms with Crippen molar-refractivity contribution in [3.63, 3.8) is 0 Å². The predicted molar refractivity (Wildman–Crippen MR) is 106 cm³/mol. The summed E-state index contributed by atoms with van der Waals surface area (Å²) in [5.41, 5.74) is 1.45. The molecule has 0 saturated carbocycles. The SMILES string of the molecule is COc1ccc(C[C@H](C)NC(=O)c2cc(OC)c(OC)c(OC)c2)cc1OC. The topological polar surface area (TPSA) is 75.3 Å². The van der Waals surface area contributed by atoms with E-state index in [1.807, 2.05) is 25.1 Å². The van der Waals surface area contributed by atoms with Crippen molar-refractivity contribution < 1.29 is 28.5 Å². The summed E-state index contributed by atoms with van der Waals surface area (Å²) in [5.74, 6) is 2.40. The Hall–Kier alpha value is -3.09. The minimum absolute atomic E-state index is 0.107. The highest BCUT2D eigenvalue weighted by atomic mass is 16.5. The maximum absolute atomic E-state index is 12.7. The standard InChI is InChI=1S/C21H27NO6/c1-13(9-14-7-8-16(24-2)17(10-14)25-3)22-21(23)15-11-18(26-4)20(28-6)19(12-15)27-5/h7-8,10-13H,9H2,1-6H3,(H,22,23)/t13-/m0/s1. The van der Waals surface area contributed by atoms with E-state index < -0.39 is 0 Å². The number of hydrogen-bond donors (Lipinski definition) is 1. The fourth-order valence-corrected chi connectivity index (χ4v) is 2.93. The second kappa shape index (κ2) is 9.73. The van der Waals surface area contributed by atoms with E-state index in [0.717, 1.165) is 5.56 Å². The van der Waals surface area contributed by atoms with Gasteiger partial charge in [0.15, 0.2) is 23.0 Å². The summed E-state index contributed by atoms with van der Waals surface area (Å²) in [5, 5.41) is 2.99. The van der Waals surface area contributed by atoms with E-state index in [0.29, 0.717) is 40.7 Å². The molecule has 1 amide bonds. The molecular formula is C21H27NO6. The van der Waals surface area contributed by atoms with Crippen LogP contribution in [0.5, 0.6) is 28.7 Å². The van der Waals surface area contributed by atoms with Crippen LogP contribution in [0.25, 0.3) is 0 Å². The van der Waals surface area contributed by atoms with E-state index in [2.05, 4.69) is 5.32 Å². The number of carbonyl (C=O) groups is 1. The molecule has 2 aromatic rings. The number of nitrogens with one attached hydrogen (secondary N) is 1. The van der Waals surface area contributed by atoms with E-state index in [1.54, 1.807) is 26.4 Å². The number of benzene rings is 2. The largest absolute Gasteiger partial charge is 0.493 e. The Morgan fingerprint density at radius 1 is 0.821 bits per heavy atom.